The Morgan fingerprint density at radius 1 is 1.57 bits per heavy atom. The summed E-state index contributed by atoms with van der Waals surface area (Å²) in [4.78, 5) is 27.7. The minimum atomic E-state index is -0.299. The van der Waals surface area contributed by atoms with Gasteiger partial charge in [0.2, 0.25) is 11.8 Å². The van der Waals surface area contributed by atoms with Crippen LogP contribution in [0.15, 0.2) is 16.8 Å². The standard InChI is InChI=1S/C15H23N3O2S/c1-11(17(2)8-12-5-7-21-10-12)15(20)18-6-3-4-13(9-18)14(16)19/h5,7,10-11,13H,3-4,6,8-9H2,1-2H3,(H2,16,19)/t11-,13-/m1/s1. The van der Waals surface area contributed by atoms with Crippen LogP contribution in [0.4, 0.5) is 0 Å². The molecule has 1 aliphatic rings. The van der Waals surface area contributed by atoms with E-state index in [1.165, 1.54) is 5.56 Å². The molecule has 0 spiro atoms. The van der Waals surface area contributed by atoms with Crippen molar-refractivity contribution in [1.29, 1.82) is 0 Å². The van der Waals surface area contributed by atoms with E-state index in [9.17, 15) is 9.59 Å². The number of primary amides is 1. The van der Waals surface area contributed by atoms with Gasteiger partial charge in [-0.2, -0.15) is 11.3 Å². The zero-order valence-corrected chi connectivity index (χ0v) is 13.4. The Kier molecular flexibility index (Phi) is 5.36. The Labute approximate surface area is 129 Å². The summed E-state index contributed by atoms with van der Waals surface area (Å²) in [5.41, 5.74) is 6.59. The summed E-state index contributed by atoms with van der Waals surface area (Å²) < 4.78 is 0. The van der Waals surface area contributed by atoms with Gasteiger partial charge in [-0.15, -0.1) is 0 Å². The van der Waals surface area contributed by atoms with E-state index in [-0.39, 0.29) is 23.8 Å². The summed E-state index contributed by atoms with van der Waals surface area (Å²) in [5.74, 6) is -0.414. The van der Waals surface area contributed by atoms with Crippen molar-refractivity contribution in [1.82, 2.24) is 9.80 Å². The zero-order chi connectivity index (χ0) is 15.4. The highest BCUT2D eigenvalue weighted by molar-refractivity contribution is 7.07. The number of likely N-dealkylation sites (N-methyl/N-ethyl adjacent to an activating group) is 1. The van der Waals surface area contributed by atoms with Gasteiger partial charge < -0.3 is 10.6 Å². The van der Waals surface area contributed by atoms with Gasteiger partial charge in [0.15, 0.2) is 0 Å². The average Bonchev–Trinajstić information content (AvgIpc) is 2.98. The smallest absolute Gasteiger partial charge is 0.239 e. The first kappa shape index (κ1) is 16.0. The maximum Gasteiger partial charge on any atom is 0.239 e. The fraction of sp³-hybridized carbons (Fsp3) is 0.600. The quantitative estimate of drug-likeness (QED) is 0.891. The molecule has 1 aromatic rings. The minimum Gasteiger partial charge on any atom is -0.369 e. The monoisotopic (exact) mass is 309 g/mol. The van der Waals surface area contributed by atoms with Gasteiger partial charge in [-0.3, -0.25) is 14.5 Å². The second kappa shape index (κ2) is 7.04. The molecule has 116 valence electrons. The third-order valence-electron chi connectivity index (χ3n) is 4.17. The van der Waals surface area contributed by atoms with Crippen molar-refractivity contribution in [3.63, 3.8) is 0 Å². The van der Waals surface area contributed by atoms with Gasteiger partial charge in [-0.1, -0.05) is 0 Å². The fourth-order valence-corrected chi connectivity index (χ4v) is 3.33. The molecule has 2 rings (SSSR count). The van der Waals surface area contributed by atoms with Gasteiger partial charge in [-0.05, 0) is 49.2 Å². The van der Waals surface area contributed by atoms with Crippen molar-refractivity contribution >= 4 is 23.2 Å². The van der Waals surface area contributed by atoms with E-state index in [1.807, 2.05) is 24.3 Å². The second-order valence-electron chi connectivity index (χ2n) is 5.75. The van der Waals surface area contributed by atoms with Crippen molar-refractivity contribution in [2.75, 3.05) is 20.1 Å². The van der Waals surface area contributed by atoms with Crippen LogP contribution in [0.5, 0.6) is 0 Å². The van der Waals surface area contributed by atoms with E-state index >= 15 is 0 Å². The van der Waals surface area contributed by atoms with Gasteiger partial charge in [0.25, 0.3) is 0 Å². The fourth-order valence-electron chi connectivity index (χ4n) is 2.67. The molecule has 0 bridgehead atoms. The molecule has 2 amide bonds. The lowest BCUT2D eigenvalue weighted by Gasteiger charge is -2.35. The average molecular weight is 309 g/mol. The molecule has 1 aromatic heterocycles. The molecule has 2 atom stereocenters. The lowest BCUT2D eigenvalue weighted by Crippen LogP contribution is -2.50. The summed E-state index contributed by atoms with van der Waals surface area (Å²) in [5, 5.41) is 4.13. The van der Waals surface area contributed by atoms with Crippen LogP contribution < -0.4 is 5.73 Å². The number of thiophene rings is 1. The predicted molar refractivity (Wildman–Crippen MR) is 83.7 cm³/mol. The Bertz CT molecular complexity index is 489. The van der Waals surface area contributed by atoms with Crippen LogP contribution in [0, 0.1) is 5.92 Å². The molecule has 2 N–H and O–H groups in total. The van der Waals surface area contributed by atoms with E-state index in [0.717, 1.165) is 25.9 Å². The van der Waals surface area contributed by atoms with Crippen LogP contribution in [0.1, 0.15) is 25.3 Å². The molecule has 0 radical (unpaired) electrons. The van der Waals surface area contributed by atoms with Crippen LogP contribution >= 0.6 is 11.3 Å². The first-order valence-electron chi connectivity index (χ1n) is 7.28. The van der Waals surface area contributed by atoms with Gasteiger partial charge in [-0.25, -0.2) is 0 Å². The highest BCUT2D eigenvalue weighted by Gasteiger charge is 2.30. The summed E-state index contributed by atoms with van der Waals surface area (Å²) in [7, 11) is 1.95. The SMILES string of the molecule is C[C@H](C(=O)N1CCC[C@@H](C(N)=O)C1)N(C)Cc1ccsc1. The summed E-state index contributed by atoms with van der Waals surface area (Å²) in [6.07, 6.45) is 1.64. The Balaban J connectivity index is 1.93. The molecule has 1 saturated heterocycles. The van der Waals surface area contributed by atoms with E-state index in [1.54, 1.807) is 16.2 Å². The summed E-state index contributed by atoms with van der Waals surface area (Å²) >= 11 is 1.66. The van der Waals surface area contributed by atoms with E-state index in [0.29, 0.717) is 6.54 Å². The molecule has 5 nitrogen and oxygen atoms in total. The topological polar surface area (TPSA) is 66.6 Å². The Morgan fingerprint density at radius 3 is 2.95 bits per heavy atom. The molecular weight excluding hydrogens is 286 g/mol. The number of carbonyl (C=O) groups excluding carboxylic acids is 2. The number of rotatable bonds is 5. The first-order valence-corrected chi connectivity index (χ1v) is 8.22. The molecule has 6 heteroatoms. The first-order chi connectivity index (χ1) is 9.99. The molecule has 0 saturated carbocycles. The van der Waals surface area contributed by atoms with Gasteiger partial charge in [0.05, 0.1) is 12.0 Å². The third kappa shape index (κ3) is 4.04. The van der Waals surface area contributed by atoms with Gasteiger partial charge in [0, 0.05) is 19.6 Å². The Morgan fingerprint density at radius 2 is 2.33 bits per heavy atom. The summed E-state index contributed by atoms with van der Waals surface area (Å²) in [6, 6.07) is 1.87. The third-order valence-corrected chi connectivity index (χ3v) is 4.90. The Hall–Kier alpha value is -1.40. The number of likely N-dealkylation sites (tertiary alicyclic amines) is 1. The maximum absolute atomic E-state index is 12.6. The van der Waals surface area contributed by atoms with E-state index < -0.39 is 0 Å². The molecule has 0 unspecified atom stereocenters. The molecule has 0 aliphatic carbocycles. The molecular formula is C15H23N3O2S. The molecule has 1 aliphatic heterocycles. The van der Waals surface area contributed by atoms with E-state index in [4.69, 9.17) is 5.73 Å². The van der Waals surface area contributed by atoms with Crippen molar-refractivity contribution in [3.8, 4) is 0 Å². The molecule has 21 heavy (non-hydrogen) atoms. The van der Waals surface area contributed by atoms with Crippen LogP contribution in [0.3, 0.4) is 0 Å². The molecule has 0 aromatic carbocycles. The van der Waals surface area contributed by atoms with E-state index in [2.05, 4.69) is 11.4 Å². The van der Waals surface area contributed by atoms with Crippen LogP contribution in [-0.2, 0) is 16.1 Å². The van der Waals surface area contributed by atoms with Crippen LogP contribution in [0.25, 0.3) is 0 Å². The molecule has 1 fully saturated rings. The van der Waals surface area contributed by atoms with Crippen LogP contribution in [-0.4, -0.2) is 47.8 Å². The maximum atomic E-state index is 12.6. The number of nitrogens with zero attached hydrogens (tertiary/aromatic N) is 2. The predicted octanol–water partition coefficient (Wildman–Crippen LogP) is 1.29. The molecule has 2 heterocycles. The van der Waals surface area contributed by atoms with Crippen molar-refractivity contribution in [2.24, 2.45) is 11.7 Å². The van der Waals surface area contributed by atoms with Crippen molar-refractivity contribution < 1.29 is 9.59 Å². The largest absolute Gasteiger partial charge is 0.369 e. The lowest BCUT2D eigenvalue weighted by atomic mass is 9.97. The van der Waals surface area contributed by atoms with Crippen molar-refractivity contribution in [3.05, 3.63) is 22.4 Å². The number of hydrogen-bond donors (Lipinski definition) is 1. The van der Waals surface area contributed by atoms with Gasteiger partial charge >= 0.3 is 0 Å². The normalized spacial score (nSPS) is 20.5. The van der Waals surface area contributed by atoms with Crippen LogP contribution in [0.2, 0.25) is 0 Å². The number of carbonyl (C=O) groups is 2. The lowest BCUT2D eigenvalue weighted by molar-refractivity contribution is -0.139. The highest BCUT2D eigenvalue weighted by atomic mass is 32.1. The number of amides is 2. The second-order valence-corrected chi connectivity index (χ2v) is 6.53. The zero-order valence-electron chi connectivity index (χ0n) is 12.6. The summed E-state index contributed by atoms with van der Waals surface area (Å²) in [6.45, 7) is 3.86. The highest BCUT2D eigenvalue weighted by Crippen LogP contribution is 2.18. The van der Waals surface area contributed by atoms with Gasteiger partial charge in [0.1, 0.15) is 0 Å². The van der Waals surface area contributed by atoms with Crippen molar-refractivity contribution in [2.45, 2.75) is 32.4 Å². The number of hydrogen-bond acceptors (Lipinski definition) is 4. The number of nitrogens with two attached hydrogens (primary N) is 1. The number of piperidine rings is 1. The minimum absolute atomic E-state index is 0.0821.